The van der Waals surface area contributed by atoms with Gasteiger partial charge in [-0.2, -0.15) is 0 Å². The molecule has 0 unspecified atom stereocenters. The van der Waals surface area contributed by atoms with Crippen molar-refractivity contribution in [1.82, 2.24) is 10.9 Å². The van der Waals surface area contributed by atoms with Gasteiger partial charge in [0.05, 0.1) is 0 Å². The standard InChI is InChI=1S/C17H26N2O2/c1-10-2-14(10)16(21)19-18-15(20)9-17-6-11-3-12(7-17)5-13(4-11)8-17/h10-14H,2-9H2,1H3,(H,18,20)(H,19,21)/t10-,11?,12?,13?,14-,17?/m1/s1. The Kier molecular flexibility index (Phi) is 3.05. The van der Waals surface area contributed by atoms with Crippen LogP contribution < -0.4 is 10.9 Å². The maximum absolute atomic E-state index is 12.2. The summed E-state index contributed by atoms with van der Waals surface area (Å²) >= 11 is 0. The first-order valence-electron chi connectivity index (χ1n) is 8.62. The van der Waals surface area contributed by atoms with Crippen LogP contribution in [0.1, 0.15) is 58.3 Å². The van der Waals surface area contributed by atoms with E-state index in [0.717, 1.165) is 24.2 Å². The predicted molar refractivity (Wildman–Crippen MR) is 78.8 cm³/mol. The van der Waals surface area contributed by atoms with E-state index < -0.39 is 0 Å². The number of hydrogen-bond acceptors (Lipinski definition) is 2. The van der Waals surface area contributed by atoms with Crippen LogP contribution in [0.15, 0.2) is 0 Å². The Morgan fingerprint density at radius 2 is 1.48 bits per heavy atom. The molecule has 0 aromatic rings. The summed E-state index contributed by atoms with van der Waals surface area (Å²) in [4.78, 5) is 24.0. The fourth-order valence-electron chi connectivity index (χ4n) is 5.80. The van der Waals surface area contributed by atoms with Crippen LogP contribution in [0.2, 0.25) is 0 Å². The van der Waals surface area contributed by atoms with Gasteiger partial charge in [0.15, 0.2) is 0 Å². The van der Waals surface area contributed by atoms with E-state index in [1.54, 1.807) is 0 Å². The summed E-state index contributed by atoms with van der Waals surface area (Å²) in [6.45, 7) is 2.07. The molecule has 5 fully saturated rings. The van der Waals surface area contributed by atoms with Crippen LogP contribution in [0.4, 0.5) is 0 Å². The second-order valence-corrected chi connectivity index (χ2v) is 8.45. The van der Waals surface area contributed by atoms with Crippen molar-refractivity contribution >= 4 is 11.8 Å². The molecule has 4 bridgehead atoms. The molecule has 0 aliphatic heterocycles. The first kappa shape index (κ1) is 13.6. The van der Waals surface area contributed by atoms with Crippen molar-refractivity contribution in [3.8, 4) is 0 Å². The van der Waals surface area contributed by atoms with Crippen molar-refractivity contribution in [2.24, 2.45) is 35.0 Å². The van der Waals surface area contributed by atoms with Gasteiger partial charge >= 0.3 is 0 Å². The molecule has 2 atom stereocenters. The first-order chi connectivity index (χ1) is 10.0. The zero-order valence-corrected chi connectivity index (χ0v) is 12.9. The normalized spacial score (nSPS) is 46.2. The van der Waals surface area contributed by atoms with E-state index in [2.05, 4.69) is 17.8 Å². The summed E-state index contributed by atoms with van der Waals surface area (Å²) in [5, 5.41) is 0. The minimum atomic E-state index is -0.0126. The van der Waals surface area contributed by atoms with Crippen LogP contribution >= 0.6 is 0 Å². The third-order valence-corrected chi connectivity index (χ3v) is 6.47. The fraction of sp³-hybridized carbons (Fsp3) is 0.882. The maximum atomic E-state index is 12.2. The number of carbonyl (C=O) groups excluding carboxylic acids is 2. The van der Waals surface area contributed by atoms with Crippen LogP contribution in [0.5, 0.6) is 0 Å². The molecular formula is C17H26N2O2. The fourth-order valence-corrected chi connectivity index (χ4v) is 5.80. The Labute approximate surface area is 126 Å². The number of hydrazine groups is 1. The summed E-state index contributed by atoms with van der Waals surface area (Å²) in [7, 11) is 0. The first-order valence-corrected chi connectivity index (χ1v) is 8.62. The molecule has 4 heteroatoms. The van der Waals surface area contributed by atoms with Gasteiger partial charge in [-0.3, -0.25) is 20.4 Å². The van der Waals surface area contributed by atoms with Gasteiger partial charge in [0, 0.05) is 12.3 Å². The molecule has 0 saturated heterocycles. The highest BCUT2D eigenvalue weighted by Gasteiger charge is 2.51. The van der Waals surface area contributed by atoms with E-state index in [0.29, 0.717) is 12.3 Å². The van der Waals surface area contributed by atoms with Gasteiger partial charge in [0.1, 0.15) is 0 Å². The van der Waals surface area contributed by atoms with Crippen molar-refractivity contribution in [2.45, 2.75) is 58.3 Å². The Bertz CT molecular complexity index is 438. The van der Waals surface area contributed by atoms with Crippen molar-refractivity contribution in [3.63, 3.8) is 0 Å². The summed E-state index contributed by atoms with van der Waals surface area (Å²) in [6.07, 6.45) is 9.47. The van der Waals surface area contributed by atoms with Crippen LogP contribution in [-0.4, -0.2) is 11.8 Å². The van der Waals surface area contributed by atoms with Crippen LogP contribution in [-0.2, 0) is 9.59 Å². The Morgan fingerprint density at radius 1 is 0.952 bits per heavy atom. The Hall–Kier alpha value is -1.06. The van der Waals surface area contributed by atoms with Crippen molar-refractivity contribution in [3.05, 3.63) is 0 Å². The monoisotopic (exact) mass is 290 g/mol. The number of rotatable bonds is 3. The summed E-state index contributed by atoms with van der Waals surface area (Å²) in [5.74, 6) is 3.19. The predicted octanol–water partition coefficient (Wildman–Crippen LogP) is 2.40. The summed E-state index contributed by atoms with van der Waals surface area (Å²) < 4.78 is 0. The maximum Gasteiger partial charge on any atom is 0.241 e. The SMILES string of the molecule is C[C@@H]1C[C@H]1C(=O)NNC(=O)CC12CC3CC(CC(C3)C1)C2. The Balaban J connectivity index is 1.31. The molecular weight excluding hydrogens is 264 g/mol. The quantitative estimate of drug-likeness (QED) is 0.784. The molecule has 2 amide bonds. The molecule has 0 heterocycles. The number of amides is 2. The number of nitrogens with one attached hydrogen (secondary N) is 2. The van der Waals surface area contributed by atoms with Crippen LogP contribution in [0.25, 0.3) is 0 Å². The van der Waals surface area contributed by atoms with Gasteiger partial charge in [-0.25, -0.2) is 0 Å². The molecule has 5 aliphatic carbocycles. The lowest BCUT2D eigenvalue weighted by Gasteiger charge is -2.56. The molecule has 4 nitrogen and oxygen atoms in total. The van der Waals surface area contributed by atoms with Crippen molar-refractivity contribution < 1.29 is 9.59 Å². The Morgan fingerprint density at radius 3 is 1.95 bits per heavy atom. The van der Waals surface area contributed by atoms with E-state index >= 15 is 0 Å². The highest BCUT2D eigenvalue weighted by Crippen LogP contribution is 2.61. The average Bonchev–Trinajstić information content (AvgIpc) is 3.11. The molecule has 0 aromatic heterocycles. The van der Waals surface area contributed by atoms with Gasteiger partial charge in [-0.15, -0.1) is 0 Å². The summed E-state index contributed by atoms with van der Waals surface area (Å²) in [6, 6.07) is 0. The summed E-state index contributed by atoms with van der Waals surface area (Å²) in [5.41, 5.74) is 5.53. The third kappa shape index (κ3) is 2.58. The van der Waals surface area contributed by atoms with E-state index in [1.165, 1.54) is 38.5 Å². The molecule has 0 aromatic carbocycles. The molecule has 21 heavy (non-hydrogen) atoms. The minimum Gasteiger partial charge on any atom is -0.273 e. The largest absolute Gasteiger partial charge is 0.273 e. The van der Waals surface area contributed by atoms with Gasteiger partial charge in [0.25, 0.3) is 0 Å². The van der Waals surface area contributed by atoms with Gasteiger partial charge < -0.3 is 0 Å². The highest BCUT2D eigenvalue weighted by atomic mass is 16.2. The third-order valence-electron chi connectivity index (χ3n) is 6.47. The van der Waals surface area contributed by atoms with Crippen molar-refractivity contribution in [1.29, 1.82) is 0 Å². The molecule has 5 aliphatic rings. The van der Waals surface area contributed by atoms with E-state index in [1.807, 2.05) is 0 Å². The smallest absolute Gasteiger partial charge is 0.241 e. The average molecular weight is 290 g/mol. The highest BCUT2D eigenvalue weighted by molar-refractivity contribution is 5.85. The van der Waals surface area contributed by atoms with Crippen LogP contribution in [0, 0.1) is 35.0 Å². The van der Waals surface area contributed by atoms with Gasteiger partial charge in [-0.1, -0.05) is 6.92 Å². The number of hydrogen-bond donors (Lipinski definition) is 2. The molecule has 0 spiro atoms. The molecule has 116 valence electrons. The number of carbonyl (C=O) groups is 2. The molecule has 5 saturated carbocycles. The van der Waals surface area contributed by atoms with E-state index in [4.69, 9.17) is 0 Å². The second kappa shape index (κ2) is 4.72. The lowest BCUT2D eigenvalue weighted by Crippen LogP contribution is -2.50. The topological polar surface area (TPSA) is 58.2 Å². The lowest BCUT2D eigenvalue weighted by molar-refractivity contribution is -0.134. The van der Waals surface area contributed by atoms with Gasteiger partial charge in [0.2, 0.25) is 11.8 Å². The zero-order chi connectivity index (χ0) is 14.6. The van der Waals surface area contributed by atoms with Crippen LogP contribution in [0.3, 0.4) is 0 Å². The van der Waals surface area contributed by atoms with Gasteiger partial charge in [-0.05, 0) is 74.0 Å². The van der Waals surface area contributed by atoms with E-state index in [9.17, 15) is 9.59 Å². The molecule has 2 N–H and O–H groups in total. The van der Waals surface area contributed by atoms with Crippen molar-refractivity contribution in [2.75, 3.05) is 0 Å². The van der Waals surface area contributed by atoms with E-state index in [-0.39, 0.29) is 23.1 Å². The molecule has 5 rings (SSSR count). The minimum absolute atomic E-state index is 0.0126. The lowest BCUT2D eigenvalue weighted by atomic mass is 9.49. The molecule has 0 radical (unpaired) electrons. The second-order valence-electron chi connectivity index (χ2n) is 8.45. The zero-order valence-electron chi connectivity index (χ0n) is 12.9.